The van der Waals surface area contributed by atoms with Gasteiger partial charge in [-0.05, 0) is 98.5 Å². The van der Waals surface area contributed by atoms with E-state index in [4.69, 9.17) is 18.9 Å². The van der Waals surface area contributed by atoms with Crippen molar-refractivity contribution in [3.63, 3.8) is 0 Å². The van der Waals surface area contributed by atoms with Gasteiger partial charge in [0.1, 0.15) is 23.0 Å². The minimum atomic E-state index is -1.79. The Balaban J connectivity index is 1.24. The van der Waals surface area contributed by atoms with Crippen molar-refractivity contribution >= 4 is 45.2 Å². The van der Waals surface area contributed by atoms with Crippen molar-refractivity contribution in [2.45, 2.75) is 47.3 Å². The molecule has 16 nitrogen and oxygen atoms in total. The predicted octanol–water partition coefficient (Wildman–Crippen LogP) is 2.13. The summed E-state index contributed by atoms with van der Waals surface area (Å²) in [6.45, 7) is 8.94. The first-order chi connectivity index (χ1) is 29.9. The van der Waals surface area contributed by atoms with Crippen LogP contribution in [0, 0.1) is 27.7 Å². The van der Waals surface area contributed by atoms with Crippen LogP contribution in [-0.2, 0) is 40.8 Å². The van der Waals surface area contributed by atoms with Crippen molar-refractivity contribution in [1.82, 2.24) is 31.9 Å². The van der Waals surface area contributed by atoms with Crippen molar-refractivity contribution in [2.75, 3.05) is 78.8 Å². The van der Waals surface area contributed by atoms with E-state index >= 15 is 0 Å². The second-order valence-corrected chi connectivity index (χ2v) is 17.2. The molecule has 0 radical (unpaired) electrons. The maximum Gasteiger partial charge on any atom is 0.257 e. The number of rotatable bonds is 0. The van der Waals surface area contributed by atoms with Gasteiger partial charge >= 0.3 is 0 Å². The van der Waals surface area contributed by atoms with Gasteiger partial charge < -0.3 is 50.8 Å². The molecule has 332 valence electrons. The minimum Gasteiger partial charge on any atom is -0.482 e. The van der Waals surface area contributed by atoms with Crippen LogP contribution in [0.1, 0.15) is 22.3 Å². The summed E-state index contributed by atoms with van der Waals surface area (Å²) < 4.78 is 51.6. The first-order valence-corrected chi connectivity index (χ1v) is 22.4. The van der Waals surface area contributed by atoms with Crippen molar-refractivity contribution in [3.05, 3.63) is 95.1 Å². The maximum atomic E-state index is 14.1. The van der Waals surface area contributed by atoms with E-state index in [9.17, 15) is 27.6 Å². The molecule has 0 atom stereocenters. The smallest absolute Gasteiger partial charge is 0.257 e. The third kappa shape index (κ3) is 14.7. The topological polar surface area (TPSA) is 212 Å². The number of nitrogens with one attached hydrogen (secondary N) is 6. The second-order valence-electron chi connectivity index (χ2n) is 14.4. The zero-order chi connectivity index (χ0) is 44.4. The second kappa shape index (κ2) is 24.0. The number of ether oxygens (including phenoxy) is 4. The fourth-order valence-corrected chi connectivity index (χ4v) is 8.83. The van der Waals surface area contributed by atoms with Crippen molar-refractivity contribution in [2.24, 2.45) is 0 Å². The fraction of sp³-hybridized carbons (Fsp3) is 0.364. The molecule has 0 aromatic heterocycles. The SMILES string of the molecule is Cc1ccc2c(c1)S(=O)c1cc(C)ccc1OCC(=O)NCCNCCNC(=O)COc1ccc(C)cc1S(=O)c1cc(C)ccc1OCC(=O)NCCNCCNC(=O)CO2. The van der Waals surface area contributed by atoms with Gasteiger partial charge in [0.05, 0.1) is 41.2 Å². The Kier molecular flexibility index (Phi) is 18.3. The summed E-state index contributed by atoms with van der Waals surface area (Å²) in [5.74, 6) is -0.460. The molecule has 0 saturated carbocycles. The zero-order valence-corrected chi connectivity index (χ0v) is 36.9. The van der Waals surface area contributed by atoms with Crippen LogP contribution >= 0.6 is 0 Å². The molecule has 18 heteroatoms. The monoisotopic (exact) mass is 890 g/mol. The molecular weight excluding hydrogens is 837 g/mol. The van der Waals surface area contributed by atoms with Crippen molar-refractivity contribution < 1.29 is 46.5 Å². The summed E-state index contributed by atoms with van der Waals surface area (Å²) in [6.07, 6.45) is 0. The van der Waals surface area contributed by atoms with Crippen LogP contribution in [0.3, 0.4) is 0 Å². The highest BCUT2D eigenvalue weighted by molar-refractivity contribution is 7.85. The molecule has 4 aromatic carbocycles. The molecular formula is C44H54N6O10S2. The van der Waals surface area contributed by atoms with Gasteiger partial charge in [-0.25, -0.2) is 8.42 Å². The molecule has 0 fully saturated rings. The molecule has 1 heterocycles. The highest BCUT2D eigenvalue weighted by atomic mass is 32.2. The molecule has 0 saturated heterocycles. The fourth-order valence-electron chi connectivity index (χ4n) is 5.94. The summed E-state index contributed by atoms with van der Waals surface area (Å²) in [6, 6.07) is 20.7. The van der Waals surface area contributed by atoms with Crippen molar-refractivity contribution in [3.8, 4) is 23.0 Å². The van der Waals surface area contributed by atoms with Gasteiger partial charge in [0, 0.05) is 52.4 Å². The third-order valence-corrected chi connectivity index (χ3v) is 12.0. The molecule has 1 aliphatic rings. The first kappa shape index (κ1) is 47.2. The largest absolute Gasteiger partial charge is 0.482 e. The van der Waals surface area contributed by atoms with E-state index in [1.54, 1.807) is 72.8 Å². The highest BCUT2D eigenvalue weighted by Crippen LogP contribution is 2.34. The van der Waals surface area contributed by atoms with E-state index in [0.717, 1.165) is 22.3 Å². The molecule has 0 aliphatic carbocycles. The number of hydrogen-bond acceptors (Lipinski definition) is 12. The standard InChI is InChI=1S/C44H54N6O10S2/c1-29-5-9-33-37(21-29)61(55)38-22-30(2)6-10-34(38)58-26-42(52)48-18-14-46-16-20-50-44(54)28-60-36-12-8-32(4)24-40(36)62(56)39-23-31(3)7-11-35(39)59-27-43(53)49-19-15-45-13-17-47-41(51)25-57-33/h5-12,21-24,45-46H,13-20,25-28H2,1-4H3,(H,47,51)(H,48,52)(H,49,53)(H,50,54). The molecule has 0 bridgehead atoms. The number of hydrogen-bond donors (Lipinski definition) is 6. The number of benzene rings is 4. The third-order valence-electron chi connectivity index (χ3n) is 9.13. The average Bonchev–Trinajstić information content (AvgIpc) is 3.25. The normalized spacial score (nSPS) is 18.7. The molecule has 0 spiro atoms. The van der Waals surface area contributed by atoms with Crippen LogP contribution in [0.2, 0.25) is 0 Å². The molecule has 4 amide bonds. The Bertz CT molecular complexity index is 1970. The van der Waals surface area contributed by atoms with Gasteiger partial charge in [-0.2, -0.15) is 0 Å². The minimum absolute atomic E-state index is 0.267. The van der Waals surface area contributed by atoms with Gasteiger partial charge in [-0.1, -0.05) is 24.3 Å². The lowest BCUT2D eigenvalue weighted by Gasteiger charge is -2.16. The van der Waals surface area contributed by atoms with Crippen LogP contribution in [0.4, 0.5) is 0 Å². The number of amides is 4. The average molecular weight is 891 g/mol. The molecule has 1 aliphatic heterocycles. The Morgan fingerprint density at radius 2 is 0.597 bits per heavy atom. The Labute approximate surface area is 366 Å². The van der Waals surface area contributed by atoms with E-state index in [2.05, 4.69) is 31.9 Å². The van der Waals surface area contributed by atoms with Crippen LogP contribution in [0.15, 0.2) is 92.4 Å². The number of carbonyl (C=O) groups is 4. The summed E-state index contributed by atoms with van der Waals surface area (Å²) in [5, 5.41) is 17.4. The summed E-state index contributed by atoms with van der Waals surface area (Å²) in [7, 11) is -3.59. The maximum absolute atomic E-state index is 14.1. The quantitative estimate of drug-likeness (QED) is 0.150. The van der Waals surface area contributed by atoms with Crippen LogP contribution in [0.25, 0.3) is 0 Å². The number of aryl methyl sites for hydroxylation is 4. The van der Waals surface area contributed by atoms with E-state index in [1.807, 2.05) is 27.7 Å². The molecule has 6 N–H and O–H groups in total. The van der Waals surface area contributed by atoms with Gasteiger partial charge in [-0.15, -0.1) is 0 Å². The summed E-state index contributed by atoms with van der Waals surface area (Å²) >= 11 is 0. The summed E-state index contributed by atoms with van der Waals surface area (Å²) in [5.41, 5.74) is 3.33. The highest BCUT2D eigenvalue weighted by Gasteiger charge is 2.22. The lowest BCUT2D eigenvalue weighted by Crippen LogP contribution is -2.38. The number of fused-ring (bicyclic) bond motifs is 4. The van der Waals surface area contributed by atoms with E-state index in [1.165, 1.54) is 0 Å². The first-order valence-electron chi connectivity index (χ1n) is 20.1. The Morgan fingerprint density at radius 1 is 0.371 bits per heavy atom. The summed E-state index contributed by atoms with van der Waals surface area (Å²) in [4.78, 5) is 52.2. The van der Waals surface area contributed by atoms with E-state index in [-0.39, 0.29) is 99.2 Å². The predicted molar refractivity (Wildman–Crippen MR) is 234 cm³/mol. The van der Waals surface area contributed by atoms with E-state index < -0.39 is 21.6 Å². The van der Waals surface area contributed by atoms with Gasteiger partial charge in [0.25, 0.3) is 23.6 Å². The van der Waals surface area contributed by atoms with Crippen molar-refractivity contribution in [1.29, 1.82) is 0 Å². The number of carbonyl (C=O) groups excluding carboxylic acids is 4. The molecule has 4 aromatic rings. The molecule has 5 rings (SSSR count). The zero-order valence-electron chi connectivity index (χ0n) is 35.3. The van der Waals surface area contributed by atoms with Crippen LogP contribution in [-0.4, -0.2) is 111 Å². The van der Waals surface area contributed by atoms with E-state index in [0.29, 0.717) is 45.8 Å². The Hall–Kier alpha value is -5.82. The molecule has 0 unspecified atom stereocenters. The lowest BCUT2D eigenvalue weighted by molar-refractivity contribution is -0.123. The Morgan fingerprint density at radius 3 is 0.823 bits per heavy atom. The van der Waals surface area contributed by atoms with Crippen LogP contribution < -0.4 is 50.8 Å². The van der Waals surface area contributed by atoms with Gasteiger partial charge in [-0.3, -0.25) is 19.2 Å². The lowest BCUT2D eigenvalue weighted by atomic mass is 10.2. The van der Waals surface area contributed by atoms with Crippen LogP contribution in [0.5, 0.6) is 23.0 Å². The molecule has 62 heavy (non-hydrogen) atoms. The van der Waals surface area contributed by atoms with Gasteiger partial charge in [0.15, 0.2) is 26.4 Å². The van der Waals surface area contributed by atoms with Gasteiger partial charge in [0.2, 0.25) is 0 Å².